The summed E-state index contributed by atoms with van der Waals surface area (Å²) in [5.74, 6) is -0.198. The number of rotatable bonds is 10. The normalized spacial score (nSPS) is 11.2. The Morgan fingerprint density at radius 2 is 1.55 bits per heavy atom. The lowest BCUT2D eigenvalue weighted by atomic mass is 9.90. The highest BCUT2D eigenvalue weighted by Gasteiger charge is 2.23. The molecule has 0 saturated carbocycles. The molecule has 0 unspecified atom stereocenters. The average Bonchev–Trinajstić information content (AvgIpc) is 2.97. The second-order valence-electron chi connectivity index (χ2n) is 10.4. The number of carboxylic acid groups (broad SMARTS) is 1. The molecule has 3 aromatic rings. The number of fused-ring (bicyclic) bond motifs is 2. The van der Waals surface area contributed by atoms with Crippen LogP contribution >= 0.6 is 0 Å². The van der Waals surface area contributed by atoms with Gasteiger partial charge >= 0.3 is 5.97 Å². The predicted molar refractivity (Wildman–Crippen MR) is 165 cm³/mol. The molecule has 40 heavy (non-hydrogen) atoms. The van der Waals surface area contributed by atoms with Crippen LogP contribution in [0.2, 0.25) is 0 Å². The average molecular weight is 534 g/mol. The first-order valence-corrected chi connectivity index (χ1v) is 14.2. The summed E-state index contributed by atoms with van der Waals surface area (Å²) < 4.78 is 9.03. The van der Waals surface area contributed by atoms with Gasteiger partial charge in [-0.3, -0.25) is 0 Å². The van der Waals surface area contributed by atoms with Crippen LogP contribution in [0, 0.1) is 6.92 Å². The smallest absolute Gasteiger partial charge is 0.336 e. The van der Waals surface area contributed by atoms with Crippen molar-refractivity contribution in [3.63, 3.8) is 0 Å². The van der Waals surface area contributed by atoms with Crippen molar-refractivity contribution < 1.29 is 14.3 Å². The van der Waals surface area contributed by atoms with Crippen LogP contribution in [0.15, 0.2) is 89.3 Å². The minimum Gasteiger partial charge on any atom is -0.478 e. The van der Waals surface area contributed by atoms with E-state index in [1.165, 1.54) is 0 Å². The van der Waals surface area contributed by atoms with Crippen molar-refractivity contribution in [1.82, 2.24) is 4.58 Å². The van der Waals surface area contributed by atoms with Crippen molar-refractivity contribution in [3.8, 4) is 22.5 Å². The highest BCUT2D eigenvalue weighted by molar-refractivity contribution is 6.08. The van der Waals surface area contributed by atoms with Crippen molar-refractivity contribution in [2.24, 2.45) is 0 Å². The minimum atomic E-state index is -0.950. The lowest BCUT2D eigenvalue weighted by Crippen LogP contribution is -2.31. The van der Waals surface area contributed by atoms with E-state index >= 15 is 0 Å². The van der Waals surface area contributed by atoms with Crippen LogP contribution in [-0.4, -0.2) is 24.2 Å². The second kappa shape index (κ2) is 12.2. The van der Waals surface area contributed by atoms with Gasteiger partial charge < -0.3 is 14.8 Å². The maximum absolute atomic E-state index is 12.3. The number of nitrogens with one attached hydrogen (secondary N) is 1. The van der Waals surface area contributed by atoms with Crippen LogP contribution in [0.5, 0.6) is 0 Å². The molecular formula is C35H37N2O3+. The van der Waals surface area contributed by atoms with Crippen LogP contribution in [0.4, 0.5) is 11.4 Å². The molecule has 3 aromatic carbocycles. The van der Waals surface area contributed by atoms with Crippen LogP contribution in [0.25, 0.3) is 33.4 Å². The van der Waals surface area contributed by atoms with Crippen LogP contribution < -0.4 is 15.2 Å². The third-order valence-electron chi connectivity index (χ3n) is 7.46. The maximum atomic E-state index is 12.3. The number of carbonyl (C=O) groups is 1. The number of aryl methyl sites for hydroxylation is 1. The molecule has 5 rings (SSSR count). The zero-order valence-corrected chi connectivity index (χ0v) is 23.5. The van der Waals surface area contributed by atoms with Gasteiger partial charge in [0.05, 0.1) is 11.6 Å². The van der Waals surface area contributed by atoms with Crippen LogP contribution in [0.1, 0.15) is 55.5 Å². The van der Waals surface area contributed by atoms with Gasteiger partial charge in [-0.15, -0.1) is 0 Å². The standard InChI is InChI=1S/C35H36N2O3/c1-4-6-19-37(20-7-5-2)26-17-18-29-33(22-26)40-32-21-24(3)31(36-25-13-9-8-10-14-25)23-30(32)34(29)27-15-11-12-16-28(27)35(38)39/h8-18,21-23,36H,4-7,19-20H2,1-3H3/p+1. The molecule has 204 valence electrons. The summed E-state index contributed by atoms with van der Waals surface area (Å²) >= 11 is 0. The third kappa shape index (κ3) is 5.64. The van der Waals surface area contributed by atoms with Crippen molar-refractivity contribution in [3.05, 3.63) is 101 Å². The summed E-state index contributed by atoms with van der Waals surface area (Å²) in [6.45, 7) is 8.49. The lowest BCUT2D eigenvalue weighted by molar-refractivity contribution is 0.0697. The molecule has 0 saturated heterocycles. The highest BCUT2D eigenvalue weighted by atomic mass is 16.4. The van der Waals surface area contributed by atoms with E-state index in [1.54, 1.807) is 12.1 Å². The Morgan fingerprint density at radius 1 is 0.850 bits per heavy atom. The van der Waals surface area contributed by atoms with Gasteiger partial charge in [-0.1, -0.05) is 63.1 Å². The molecule has 5 heteroatoms. The van der Waals surface area contributed by atoms with Crippen LogP contribution in [-0.2, 0) is 0 Å². The zero-order valence-electron chi connectivity index (χ0n) is 23.5. The number of aromatic carboxylic acids is 1. The number of para-hydroxylation sites is 1. The van der Waals surface area contributed by atoms with E-state index in [4.69, 9.17) is 4.42 Å². The minimum absolute atomic E-state index is 0.269. The maximum Gasteiger partial charge on any atom is 0.336 e. The van der Waals surface area contributed by atoms with Gasteiger partial charge in [-0.2, -0.15) is 0 Å². The number of carboxylic acids is 1. The van der Waals surface area contributed by atoms with Crippen molar-refractivity contribution in [2.75, 3.05) is 18.4 Å². The fourth-order valence-corrected chi connectivity index (χ4v) is 5.28. The van der Waals surface area contributed by atoms with Crippen molar-refractivity contribution in [1.29, 1.82) is 0 Å². The lowest BCUT2D eigenvalue weighted by Gasteiger charge is -2.19. The quantitative estimate of drug-likeness (QED) is 0.140. The number of anilines is 2. The van der Waals surface area contributed by atoms with E-state index in [1.807, 2.05) is 48.5 Å². The van der Waals surface area contributed by atoms with Crippen molar-refractivity contribution >= 4 is 28.3 Å². The Kier molecular flexibility index (Phi) is 8.30. The summed E-state index contributed by atoms with van der Waals surface area (Å²) in [5.41, 5.74) is 6.41. The molecule has 2 N–H and O–H groups in total. The number of benzene rings is 4. The van der Waals surface area contributed by atoms with E-state index in [0.717, 1.165) is 88.9 Å². The zero-order chi connectivity index (χ0) is 28.1. The summed E-state index contributed by atoms with van der Waals surface area (Å²) in [7, 11) is 0. The Hall–Kier alpha value is -4.38. The number of hydrogen-bond donors (Lipinski definition) is 2. The fraction of sp³-hybridized carbons (Fsp3) is 0.257. The van der Waals surface area contributed by atoms with Gasteiger partial charge in [-0.05, 0) is 54.4 Å². The second-order valence-corrected chi connectivity index (χ2v) is 10.4. The largest absolute Gasteiger partial charge is 0.478 e. The molecule has 1 aliphatic carbocycles. The first-order chi connectivity index (χ1) is 19.5. The topological polar surface area (TPSA) is 65.5 Å². The Bertz CT molecular complexity index is 1670. The molecule has 0 atom stereocenters. The van der Waals surface area contributed by atoms with Crippen molar-refractivity contribution in [2.45, 2.75) is 46.5 Å². The first-order valence-electron chi connectivity index (χ1n) is 14.2. The molecule has 0 bridgehead atoms. The molecular weight excluding hydrogens is 496 g/mol. The monoisotopic (exact) mass is 533 g/mol. The molecule has 0 aromatic heterocycles. The molecule has 1 aliphatic heterocycles. The van der Waals surface area contributed by atoms with Gasteiger partial charge in [0.15, 0.2) is 0 Å². The Morgan fingerprint density at radius 3 is 2.25 bits per heavy atom. The van der Waals surface area contributed by atoms with Gasteiger partial charge in [0, 0.05) is 46.8 Å². The summed E-state index contributed by atoms with van der Waals surface area (Å²) in [4.78, 5) is 12.3. The van der Waals surface area contributed by atoms with E-state index in [2.05, 4.69) is 54.9 Å². The van der Waals surface area contributed by atoms with E-state index < -0.39 is 5.97 Å². The summed E-state index contributed by atoms with van der Waals surface area (Å²) in [6, 6.07) is 27.8. The number of nitrogens with zero attached hydrogens (tertiary/aromatic N) is 1. The van der Waals surface area contributed by atoms with Gasteiger partial charge in [-0.25, -0.2) is 9.37 Å². The molecule has 5 nitrogen and oxygen atoms in total. The predicted octanol–water partition coefficient (Wildman–Crippen LogP) is 8.33. The molecule has 0 spiro atoms. The summed E-state index contributed by atoms with van der Waals surface area (Å²) in [6.07, 6.45) is 4.54. The van der Waals surface area contributed by atoms with Gasteiger partial charge in [0.25, 0.3) is 0 Å². The Balaban J connectivity index is 1.81. The van der Waals surface area contributed by atoms with E-state index in [0.29, 0.717) is 5.56 Å². The fourth-order valence-electron chi connectivity index (χ4n) is 5.28. The first kappa shape index (κ1) is 27.2. The van der Waals surface area contributed by atoms with E-state index in [9.17, 15) is 9.90 Å². The van der Waals surface area contributed by atoms with E-state index in [-0.39, 0.29) is 5.56 Å². The summed E-state index contributed by atoms with van der Waals surface area (Å²) in [5, 5.41) is 15.6. The highest BCUT2D eigenvalue weighted by Crippen LogP contribution is 2.42. The number of hydrogen-bond acceptors (Lipinski definition) is 3. The SMILES string of the molecule is CCCC[N+](CCCC)=c1ccc2c(-c3ccccc3C(=O)O)c3cc(Nc4ccccc4)c(C)cc3oc-2c1. The van der Waals surface area contributed by atoms with Gasteiger partial charge in [0.2, 0.25) is 5.36 Å². The van der Waals surface area contributed by atoms with Gasteiger partial charge in [0.1, 0.15) is 24.4 Å². The molecule has 2 aliphatic rings. The molecule has 0 fully saturated rings. The Labute approximate surface area is 235 Å². The molecule has 1 heterocycles. The molecule has 0 amide bonds. The third-order valence-corrected chi connectivity index (χ3v) is 7.46. The number of unbranched alkanes of at least 4 members (excludes halogenated alkanes) is 2. The van der Waals surface area contributed by atoms with Crippen LogP contribution in [0.3, 0.4) is 0 Å². The molecule has 0 radical (unpaired) electrons.